The lowest BCUT2D eigenvalue weighted by Gasteiger charge is -2.27. The molecule has 1 amide bonds. The molecule has 0 spiro atoms. The maximum Gasteiger partial charge on any atom is 0.293 e. The van der Waals surface area contributed by atoms with Gasteiger partial charge in [0, 0.05) is 25.6 Å². The molecule has 2 aliphatic rings. The molecule has 2 fully saturated rings. The van der Waals surface area contributed by atoms with Crippen molar-refractivity contribution >= 4 is 5.91 Å². The van der Waals surface area contributed by atoms with E-state index in [4.69, 9.17) is 0 Å². The van der Waals surface area contributed by atoms with E-state index in [0.717, 1.165) is 38.3 Å². The third-order valence-electron chi connectivity index (χ3n) is 4.39. The van der Waals surface area contributed by atoms with Crippen LogP contribution in [0.15, 0.2) is 0 Å². The fourth-order valence-corrected chi connectivity index (χ4v) is 3.00. The van der Waals surface area contributed by atoms with Crippen LogP contribution in [0.5, 0.6) is 0 Å². The van der Waals surface area contributed by atoms with E-state index in [1.807, 2.05) is 7.05 Å². The van der Waals surface area contributed by atoms with Crippen molar-refractivity contribution in [2.24, 2.45) is 0 Å². The molecule has 0 aromatic carbocycles. The van der Waals surface area contributed by atoms with Crippen LogP contribution >= 0.6 is 0 Å². The van der Waals surface area contributed by atoms with E-state index in [2.05, 4.69) is 27.0 Å². The number of carbonyl (C=O) groups excluding carboxylic acids is 1. The van der Waals surface area contributed by atoms with Crippen LogP contribution in [0.25, 0.3) is 0 Å². The maximum atomic E-state index is 12.3. The van der Waals surface area contributed by atoms with Crippen LogP contribution in [0, 0.1) is 0 Å². The lowest BCUT2D eigenvalue weighted by molar-refractivity contribution is 0.0743. The first-order valence-corrected chi connectivity index (χ1v) is 7.61. The zero-order valence-electron chi connectivity index (χ0n) is 12.3. The predicted molar refractivity (Wildman–Crippen MR) is 75.6 cm³/mol. The van der Waals surface area contributed by atoms with Crippen LogP contribution in [0.3, 0.4) is 0 Å². The van der Waals surface area contributed by atoms with Gasteiger partial charge in [-0.1, -0.05) is 6.92 Å². The van der Waals surface area contributed by atoms with E-state index in [-0.39, 0.29) is 5.91 Å². The van der Waals surface area contributed by atoms with Crippen LogP contribution < -0.4 is 0 Å². The number of nitrogens with zero attached hydrogens (tertiary/aromatic N) is 4. The van der Waals surface area contributed by atoms with Crippen LogP contribution in [0.4, 0.5) is 0 Å². The Labute approximate surface area is 119 Å². The van der Waals surface area contributed by atoms with Crippen molar-refractivity contribution in [1.82, 2.24) is 25.0 Å². The predicted octanol–water partition coefficient (Wildman–Crippen LogP) is 1.24. The Bertz CT molecular complexity index is 482. The summed E-state index contributed by atoms with van der Waals surface area (Å²) >= 11 is 0. The van der Waals surface area contributed by atoms with E-state index >= 15 is 0 Å². The summed E-state index contributed by atoms with van der Waals surface area (Å²) < 4.78 is 0. The number of aromatic amines is 1. The number of aromatic nitrogens is 3. The Kier molecular flexibility index (Phi) is 3.74. The van der Waals surface area contributed by atoms with Gasteiger partial charge >= 0.3 is 0 Å². The number of amides is 1. The Balaban J connectivity index is 1.60. The van der Waals surface area contributed by atoms with Gasteiger partial charge in [-0.25, -0.2) is 4.98 Å². The van der Waals surface area contributed by atoms with Crippen molar-refractivity contribution in [3.05, 3.63) is 11.6 Å². The lowest BCUT2D eigenvalue weighted by atomic mass is 10.2. The molecule has 1 aromatic heterocycles. The summed E-state index contributed by atoms with van der Waals surface area (Å²) in [5, 5.41) is 6.97. The molecule has 1 unspecified atom stereocenters. The normalized spacial score (nSPS) is 23.2. The first-order valence-electron chi connectivity index (χ1n) is 7.61. The van der Waals surface area contributed by atoms with Crippen molar-refractivity contribution in [3.63, 3.8) is 0 Å². The van der Waals surface area contributed by atoms with Gasteiger partial charge < -0.3 is 4.90 Å². The van der Waals surface area contributed by atoms with Crippen molar-refractivity contribution in [2.75, 3.05) is 26.7 Å². The average Bonchev–Trinajstić information content (AvgIpc) is 3.02. The van der Waals surface area contributed by atoms with Crippen LogP contribution in [0.1, 0.15) is 55.0 Å². The van der Waals surface area contributed by atoms with Crippen molar-refractivity contribution in [2.45, 2.75) is 44.6 Å². The Hall–Kier alpha value is -1.43. The smallest absolute Gasteiger partial charge is 0.293 e. The molecule has 1 atom stereocenters. The first-order chi connectivity index (χ1) is 9.69. The van der Waals surface area contributed by atoms with E-state index in [0.29, 0.717) is 17.8 Å². The summed E-state index contributed by atoms with van der Waals surface area (Å²) in [7, 11) is 1.85. The van der Waals surface area contributed by atoms with Crippen molar-refractivity contribution in [3.8, 4) is 0 Å². The van der Waals surface area contributed by atoms with Crippen LogP contribution in [0.2, 0.25) is 0 Å². The molecule has 1 aromatic rings. The fourth-order valence-electron chi connectivity index (χ4n) is 3.00. The molecule has 1 saturated carbocycles. The summed E-state index contributed by atoms with van der Waals surface area (Å²) in [6.45, 7) is 5.14. The van der Waals surface area contributed by atoms with Crippen LogP contribution in [-0.4, -0.2) is 63.6 Å². The molecule has 2 heterocycles. The molecular formula is C14H23N5O. The second kappa shape index (κ2) is 5.52. The fraction of sp³-hybridized carbons (Fsp3) is 0.786. The zero-order valence-corrected chi connectivity index (χ0v) is 12.3. The molecule has 6 heteroatoms. The van der Waals surface area contributed by atoms with Gasteiger partial charge in [0.1, 0.15) is 5.82 Å². The van der Waals surface area contributed by atoms with Crippen molar-refractivity contribution < 1.29 is 4.79 Å². The van der Waals surface area contributed by atoms with Gasteiger partial charge in [0.25, 0.3) is 5.91 Å². The summed E-state index contributed by atoms with van der Waals surface area (Å²) in [6.07, 6.45) is 4.72. The summed E-state index contributed by atoms with van der Waals surface area (Å²) in [5.41, 5.74) is 0. The maximum absolute atomic E-state index is 12.3. The van der Waals surface area contributed by atoms with Gasteiger partial charge in [-0.2, -0.15) is 0 Å². The monoisotopic (exact) mass is 277 g/mol. The Morgan fingerprint density at radius 1 is 1.45 bits per heavy atom. The second-order valence-electron chi connectivity index (χ2n) is 5.93. The third kappa shape index (κ3) is 2.70. The molecular weight excluding hydrogens is 254 g/mol. The molecule has 3 rings (SSSR count). The third-order valence-corrected chi connectivity index (χ3v) is 4.39. The highest BCUT2D eigenvalue weighted by Crippen LogP contribution is 2.37. The number of rotatable bonds is 5. The topological polar surface area (TPSA) is 65.1 Å². The molecule has 1 aliphatic carbocycles. The number of likely N-dealkylation sites (N-methyl/N-ethyl adjacent to an activating group) is 2. The number of H-pyrrole nitrogens is 1. The number of carbonyl (C=O) groups is 1. The van der Waals surface area contributed by atoms with Crippen LogP contribution in [-0.2, 0) is 0 Å². The number of likely N-dealkylation sites (tertiary alicyclic amines) is 1. The van der Waals surface area contributed by atoms with Crippen molar-refractivity contribution in [1.29, 1.82) is 0 Å². The van der Waals surface area contributed by atoms with E-state index in [1.54, 1.807) is 4.90 Å². The van der Waals surface area contributed by atoms with E-state index in [9.17, 15) is 4.79 Å². The SMILES string of the molecule is CCN1CCCC1CN(C)C(=O)c1n[nH]c(C2CC2)n1. The van der Waals surface area contributed by atoms with Gasteiger partial charge in [-0.15, -0.1) is 5.10 Å². The molecule has 110 valence electrons. The molecule has 20 heavy (non-hydrogen) atoms. The summed E-state index contributed by atoms with van der Waals surface area (Å²) in [5.74, 6) is 1.61. The van der Waals surface area contributed by atoms with Gasteiger partial charge in [-0.05, 0) is 38.8 Å². The van der Waals surface area contributed by atoms with E-state index in [1.165, 1.54) is 12.8 Å². The average molecular weight is 277 g/mol. The molecule has 1 aliphatic heterocycles. The molecule has 0 radical (unpaired) electrons. The van der Waals surface area contributed by atoms with E-state index < -0.39 is 0 Å². The minimum Gasteiger partial charge on any atom is -0.337 e. The molecule has 6 nitrogen and oxygen atoms in total. The number of hydrogen-bond acceptors (Lipinski definition) is 4. The largest absolute Gasteiger partial charge is 0.337 e. The molecule has 1 saturated heterocycles. The highest BCUT2D eigenvalue weighted by atomic mass is 16.2. The van der Waals surface area contributed by atoms with Gasteiger partial charge in [0.2, 0.25) is 5.82 Å². The summed E-state index contributed by atoms with van der Waals surface area (Å²) in [6, 6.07) is 0.482. The number of nitrogens with one attached hydrogen (secondary N) is 1. The second-order valence-corrected chi connectivity index (χ2v) is 5.93. The Morgan fingerprint density at radius 3 is 2.95 bits per heavy atom. The quantitative estimate of drug-likeness (QED) is 0.879. The first kappa shape index (κ1) is 13.5. The van der Waals surface area contributed by atoms with Gasteiger partial charge in [0.15, 0.2) is 0 Å². The Morgan fingerprint density at radius 2 is 2.25 bits per heavy atom. The number of hydrogen-bond donors (Lipinski definition) is 1. The zero-order chi connectivity index (χ0) is 14.1. The lowest BCUT2D eigenvalue weighted by Crippen LogP contribution is -2.41. The standard InChI is InChI=1S/C14H23N5O/c1-3-19-8-4-5-11(19)9-18(2)14(20)13-15-12(16-17-13)10-6-7-10/h10-11H,3-9H2,1-2H3,(H,15,16,17). The highest BCUT2D eigenvalue weighted by molar-refractivity contribution is 5.90. The highest BCUT2D eigenvalue weighted by Gasteiger charge is 2.30. The summed E-state index contributed by atoms with van der Waals surface area (Å²) in [4.78, 5) is 20.9. The molecule has 1 N–H and O–H groups in total. The minimum absolute atomic E-state index is 0.0731. The minimum atomic E-state index is -0.0731. The van der Waals surface area contributed by atoms with Gasteiger partial charge in [-0.3, -0.25) is 14.8 Å². The van der Waals surface area contributed by atoms with Gasteiger partial charge in [0.05, 0.1) is 0 Å². The molecule has 0 bridgehead atoms.